The fraction of sp³-hybridized carbons (Fsp3) is 0.421. The van der Waals surface area contributed by atoms with Crippen molar-refractivity contribution in [3.63, 3.8) is 0 Å². The van der Waals surface area contributed by atoms with Gasteiger partial charge < -0.3 is 9.84 Å². The second kappa shape index (κ2) is 11.5. The number of benzene rings is 1. The zero-order valence-corrected chi connectivity index (χ0v) is 14.0. The van der Waals surface area contributed by atoms with Gasteiger partial charge in [-0.1, -0.05) is 43.2 Å². The van der Waals surface area contributed by atoms with Crippen LogP contribution < -0.4 is 0 Å². The second-order valence-electron chi connectivity index (χ2n) is 5.58. The van der Waals surface area contributed by atoms with Crippen molar-refractivity contribution in [2.75, 3.05) is 6.61 Å². The molecule has 0 amide bonds. The Bertz CT molecular complexity index is 578. The van der Waals surface area contributed by atoms with Crippen LogP contribution in [0.4, 0.5) is 13.2 Å². The molecule has 138 valence electrons. The molecule has 1 N–H and O–H groups in total. The lowest BCUT2D eigenvalue weighted by Gasteiger charge is -2.09. The van der Waals surface area contributed by atoms with Crippen LogP contribution in [0.2, 0.25) is 0 Å². The number of halogens is 3. The van der Waals surface area contributed by atoms with Gasteiger partial charge >= 0.3 is 12.1 Å². The Hall–Kier alpha value is -2.08. The van der Waals surface area contributed by atoms with Crippen molar-refractivity contribution in [1.29, 1.82) is 0 Å². The van der Waals surface area contributed by atoms with Crippen LogP contribution in [0, 0.1) is 0 Å². The quantitative estimate of drug-likeness (QED) is 0.329. The minimum atomic E-state index is -4.33. The standard InChI is InChI=1S/C19H23F3O3/c20-19(21,22)17-11-9-10-16(14-17)15-25-13-8-6-4-2-1-3-5-7-12-18(23)24/h3,5,7,9-12,14H,1-2,4,6,8,13,15H2,(H,23,24). The number of carboxylic acid groups (broad SMARTS) is 1. The van der Waals surface area contributed by atoms with E-state index in [1.165, 1.54) is 12.1 Å². The number of hydrogen-bond acceptors (Lipinski definition) is 2. The Morgan fingerprint density at radius 2 is 1.88 bits per heavy atom. The van der Waals surface area contributed by atoms with Crippen molar-refractivity contribution >= 4 is 5.97 Å². The summed E-state index contributed by atoms with van der Waals surface area (Å²) in [4.78, 5) is 10.2. The monoisotopic (exact) mass is 356 g/mol. The van der Waals surface area contributed by atoms with Gasteiger partial charge in [0.05, 0.1) is 12.2 Å². The third-order valence-corrected chi connectivity index (χ3v) is 3.42. The zero-order valence-electron chi connectivity index (χ0n) is 14.0. The maximum absolute atomic E-state index is 12.6. The molecule has 1 aromatic rings. The first-order chi connectivity index (χ1) is 11.9. The number of rotatable bonds is 11. The summed E-state index contributed by atoms with van der Waals surface area (Å²) in [6.07, 6.45) is 6.65. The summed E-state index contributed by atoms with van der Waals surface area (Å²) in [6, 6.07) is 5.18. The molecule has 0 aliphatic heterocycles. The molecule has 0 fully saturated rings. The van der Waals surface area contributed by atoms with Crippen LogP contribution in [0.1, 0.15) is 43.2 Å². The van der Waals surface area contributed by atoms with Crippen molar-refractivity contribution in [2.45, 2.75) is 44.9 Å². The van der Waals surface area contributed by atoms with E-state index in [1.807, 2.05) is 6.08 Å². The van der Waals surface area contributed by atoms with Gasteiger partial charge in [-0.05, 0) is 37.0 Å². The molecule has 0 heterocycles. The smallest absolute Gasteiger partial charge is 0.416 e. The Morgan fingerprint density at radius 3 is 2.60 bits per heavy atom. The van der Waals surface area contributed by atoms with E-state index < -0.39 is 17.7 Å². The highest BCUT2D eigenvalue weighted by molar-refractivity contribution is 5.80. The van der Waals surface area contributed by atoms with E-state index in [0.29, 0.717) is 12.2 Å². The molecular weight excluding hydrogens is 333 g/mol. The summed E-state index contributed by atoms with van der Waals surface area (Å²) in [7, 11) is 0. The van der Waals surface area contributed by atoms with Gasteiger partial charge in [0.2, 0.25) is 0 Å². The first-order valence-corrected chi connectivity index (χ1v) is 8.19. The van der Waals surface area contributed by atoms with Gasteiger partial charge in [0.15, 0.2) is 0 Å². The van der Waals surface area contributed by atoms with Gasteiger partial charge in [-0.3, -0.25) is 0 Å². The van der Waals surface area contributed by atoms with Crippen molar-refractivity contribution in [1.82, 2.24) is 0 Å². The lowest BCUT2D eigenvalue weighted by Crippen LogP contribution is -2.05. The highest BCUT2D eigenvalue weighted by Gasteiger charge is 2.30. The molecule has 1 aromatic carbocycles. The number of alkyl halides is 3. The molecular formula is C19H23F3O3. The largest absolute Gasteiger partial charge is 0.478 e. The van der Waals surface area contributed by atoms with Crippen molar-refractivity contribution in [3.05, 3.63) is 59.7 Å². The Kier molecular flexibility index (Phi) is 9.62. The van der Waals surface area contributed by atoms with Crippen molar-refractivity contribution < 1.29 is 27.8 Å². The normalized spacial score (nSPS) is 12.3. The minimum Gasteiger partial charge on any atom is -0.478 e. The van der Waals surface area contributed by atoms with E-state index in [1.54, 1.807) is 12.1 Å². The highest BCUT2D eigenvalue weighted by Crippen LogP contribution is 2.29. The fourth-order valence-electron chi connectivity index (χ4n) is 2.16. The molecule has 0 atom stereocenters. The van der Waals surface area contributed by atoms with Gasteiger partial charge in [0.25, 0.3) is 0 Å². The number of ether oxygens (including phenoxy) is 1. The van der Waals surface area contributed by atoms with Crippen molar-refractivity contribution in [3.8, 4) is 0 Å². The summed E-state index contributed by atoms with van der Waals surface area (Å²) >= 11 is 0. The maximum Gasteiger partial charge on any atom is 0.416 e. The van der Waals surface area contributed by atoms with Crippen LogP contribution in [-0.2, 0) is 22.3 Å². The van der Waals surface area contributed by atoms with E-state index in [0.717, 1.165) is 50.3 Å². The predicted octanol–water partition coefficient (Wildman–Crippen LogP) is 5.37. The summed E-state index contributed by atoms with van der Waals surface area (Å²) < 4.78 is 43.2. The van der Waals surface area contributed by atoms with E-state index in [-0.39, 0.29) is 6.61 Å². The Labute approximate surface area is 145 Å². The molecule has 0 radical (unpaired) electrons. The molecule has 0 saturated carbocycles. The molecule has 0 unspecified atom stereocenters. The van der Waals surface area contributed by atoms with Crippen LogP contribution >= 0.6 is 0 Å². The number of carbonyl (C=O) groups is 1. The van der Waals surface area contributed by atoms with E-state index in [9.17, 15) is 18.0 Å². The van der Waals surface area contributed by atoms with Crippen LogP contribution in [0.5, 0.6) is 0 Å². The summed E-state index contributed by atoms with van der Waals surface area (Å²) in [5.74, 6) is -0.963. The molecule has 25 heavy (non-hydrogen) atoms. The van der Waals surface area contributed by atoms with Gasteiger partial charge in [-0.15, -0.1) is 0 Å². The summed E-state index contributed by atoms with van der Waals surface area (Å²) in [6.45, 7) is 0.704. The maximum atomic E-state index is 12.6. The lowest BCUT2D eigenvalue weighted by molar-refractivity contribution is -0.137. The van der Waals surface area contributed by atoms with E-state index in [2.05, 4.69) is 0 Å². The summed E-state index contributed by atoms with van der Waals surface area (Å²) in [5.41, 5.74) is -0.130. The number of hydrogen-bond donors (Lipinski definition) is 1. The van der Waals surface area contributed by atoms with Crippen LogP contribution in [0.3, 0.4) is 0 Å². The molecule has 0 saturated heterocycles. The molecule has 0 aliphatic rings. The predicted molar refractivity (Wildman–Crippen MR) is 90.1 cm³/mol. The Balaban J connectivity index is 2.07. The van der Waals surface area contributed by atoms with Crippen molar-refractivity contribution in [2.24, 2.45) is 0 Å². The molecule has 0 spiro atoms. The highest BCUT2D eigenvalue weighted by atomic mass is 19.4. The number of carboxylic acids is 1. The first-order valence-electron chi connectivity index (χ1n) is 8.19. The minimum absolute atomic E-state index is 0.183. The lowest BCUT2D eigenvalue weighted by atomic mass is 10.1. The van der Waals surface area contributed by atoms with E-state index >= 15 is 0 Å². The fourth-order valence-corrected chi connectivity index (χ4v) is 2.16. The molecule has 0 aromatic heterocycles. The number of allylic oxidation sites excluding steroid dienone is 3. The van der Waals surface area contributed by atoms with Gasteiger partial charge in [0.1, 0.15) is 0 Å². The van der Waals surface area contributed by atoms with Gasteiger partial charge in [0, 0.05) is 12.7 Å². The topological polar surface area (TPSA) is 46.5 Å². The molecule has 1 rings (SSSR count). The summed E-state index contributed by atoms with van der Waals surface area (Å²) in [5, 5.41) is 8.40. The molecule has 6 heteroatoms. The van der Waals surface area contributed by atoms with Gasteiger partial charge in [-0.25, -0.2) is 4.79 Å². The van der Waals surface area contributed by atoms with Gasteiger partial charge in [-0.2, -0.15) is 13.2 Å². The third kappa shape index (κ3) is 10.4. The van der Waals surface area contributed by atoms with Crippen LogP contribution in [0.15, 0.2) is 48.6 Å². The van der Waals surface area contributed by atoms with Crippen LogP contribution in [0.25, 0.3) is 0 Å². The Morgan fingerprint density at radius 1 is 1.12 bits per heavy atom. The van der Waals surface area contributed by atoms with Crippen LogP contribution in [-0.4, -0.2) is 17.7 Å². The SMILES string of the molecule is O=C(O)C=CC=CCCCCCCOCc1cccc(C(F)(F)F)c1. The number of aliphatic carboxylic acids is 1. The average Bonchev–Trinajstić information content (AvgIpc) is 2.55. The second-order valence-corrected chi connectivity index (χ2v) is 5.58. The zero-order chi connectivity index (χ0) is 18.5. The van der Waals surface area contributed by atoms with E-state index in [4.69, 9.17) is 9.84 Å². The third-order valence-electron chi connectivity index (χ3n) is 3.42. The molecule has 0 bridgehead atoms. The first kappa shape index (κ1) is 21.0. The number of unbranched alkanes of at least 4 members (excludes halogenated alkanes) is 4. The molecule has 3 nitrogen and oxygen atoms in total. The molecule has 0 aliphatic carbocycles. The average molecular weight is 356 g/mol.